The Morgan fingerprint density at radius 1 is 0.533 bits per heavy atom. The van der Waals surface area contributed by atoms with Crippen LogP contribution in [0.25, 0.3) is 12.2 Å². The van der Waals surface area contributed by atoms with Gasteiger partial charge in [-0.1, -0.05) is 60.8 Å². The van der Waals surface area contributed by atoms with Crippen molar-refractivity contribution in [3.63, 3.8) is 0 Å². The van der Waals surface area contributed by atoms with Crippen LogP contribution >= 0.6 is 0 Å². The lowest BCUT2D eigenvalue weighted by molar-refractivity contribution is 0.566. The molecule has 0 spiro atoms. The van der Waals surface area contributed by atoms with Gasteiger partial charge < -0.3 is 4.42 Å². The summed E-state index contributed by atoms with van der Waals surface area (Å²) >= 11 is 0. The Balaban J connectivity index is 2.34. The summed E-state index contributed by atoms with van der Waals surface area (Å²) in [4.78, 5) is 0. The van der Waals surface area contributed by atoms with Gasteiger partial charge in [0.2, 0.25) is 0 Å². The molecule has 1 aromatic heterocycles. The fourth-order valence-electron chi connectivity index (χ4n) is 1.29. The largest absolute Gasteiger partial charge is 0.471 e. The SMILES string of the molecule is C1=CC=CC=Cc2cocc2C=CC=C1. The number of hydrogen-bond donors (Lipinski definition) is 0. The van der Waals surface area contributed by atoms with E-state index in [1.165, 1.54) is 0 Å². The molecule has 0 saturated carbocycles. The highest BCUT2D eigenvalue weighted by molar-refractivity contribution is 5.65. The van der Waals surface area contributed by atoms with Gasteiger partial charge in [0.05, 0.1) is 12.5 Å². The first-order valence-corrected chi connectivity index (χ1v) is 4.88. The quantitative estimate of drug-likeness (QED) is 0.611. The van der Waals surface area contributed by atoms with Crippen molar-refractivity contribution in [2.24, 2.45) is 0 Å². The summed E-state index contributed by atoms with van der Waals surface area (Å²) in [6, 6.07) is 0. The normalized spacial score (nSPS) is 14.7. The van der Waals surface area contributed by atoms with Crippen molar-refractivity contribution in [3.05, 3.63) is 72.3 Å². The van der Waals surface area contributed by atoms with Crippen LogP contribution in [0.3, 0.4) is 0 Å². The summed E-state index contributed by atoms with van der Waals surface area (Å²) in [5.74, 6) is 0. The zero-order chi connectivity index (χ0) is 10.3. The molecule has 0 bridgehead atoms. The minimum Gasteiger partial charge on any atom is -0.471 e. The molecule has 74 valence electrons. The van der Waals surface area contributed by atoms with E-state index in [2.05, 4.69) is 0 Å². The van der Waals surface area contributed by atoms with E-state index in [-0.39, 0.29) is 0 Å². The van der Waals surface area contributed by atoms with Gasteiger partial charge in [-0.05, 0) is 0 Å². The molecule has 0 unspecified atom stereocenters. The third-order valence-corrected chi connectivity index (χ3v) is 2.05. The Bertz CT molecular complexity index is 413. The van der Waals surface area contributed by atoms with Gasteiger partial charge in [0, 0.05) is 11.1 Å². The van der Waals surface area contributed by atoms with Crippen LogP contribution in [-0.4, -0.2) is 0 Å². The zero-order valence-corrected chi connectivity index (χ0v) is 8.34. The second-order valence-corrected chi connectivity index (χ2v) is 3.16. The summed E-state index contributed by atoms with van der Waals surface area (Å²) in [7, 11) is 0. The van der Waals surface area contributed by atoms with Gasteiger partial charge in [0.25, 0.3) is 0 Å². The van der Waals surface area contributed by atoms with Crippen molar-refractivity contribution in [1.82, 2.24) is 0 Å². The number of furan rings is 1. The number of fused-ring (bicyclic) bond motifs is 1. The molecule has 0 amide bonds. The van der Waals surface area contributed by atoms with Crippen molar-refractivity contribution < 1.29 is 4.42 Å². The molecule has 1 nitrogen and oxygen atoms in total. The van der Waals surface area contributed by atoms with E-state index in [1.807, 2.05) is 60.8 Å². The van der Waals surface area contributed by atoms with Crippen molar-refractivity contribution in [1.29, 1.82) is 0 Å². The minimum atomic E-state index is 1.09. The van der Waals surface area contributed by atoms with Crippen LogP contribution in [0.4, 0.5) is 0 Å². The molecule has 0 radical (unpaired) electrons. The van der Waals surface area contributed by atoms with Gasteiger partial charge in [0.1, 0.15) is 0 Å². The Labute approximate surface area is 89.4 Å². The maximum Gasteiger partial charge on any atom is 0.0981 e. The fourth-order valence-corrected chi connectivity index (χ4v) is 1.29. The maximum atomic E-state index is 5.16. The summed E-state index contributed by atoms with van der Waals surface area (Å²) in [6.45, 7) is 0. The number of allylic oxidation sites excluding steroid dienone is 8. The average Bonchev–Trinajstić information content (AvgIpc) is 2.65. The number of rotatable bonds is 0. The molecule has 1 heteroatoms. The first kappa shape index (κ1) is 9.53. The Kier molecular flexibility index (Phi) is 3.18. The highest BCUT2D eigenvalue weighted by Crippen LogP contribution is 2.14. The third kappa shape index (κ3) is 2.71. The Hall–Kier alpha value is -2.02. The van der Waals surface area contributed by atoms with Crippen molar-refractivity contribution in [3.8, 4) is 0 Å². The lowest BCUT2D eigenvalue weighted by atomic mass is 10.1. The van der Waals surface area contributed by atoms with Crippen LogP contribution in [0.2, 0.25) is 0 Å². The van der Waals surface area contributed by atoms with Gasteiger partial charge in [-0.2, -0.15) is 0 Å². The predicted molar refractivity (Wildman–Crippen MR) is 64.2 cm³/mol. The van der Waals surface area contributed by atoms with Crippen LogP contribution in [-0.2, 0) is 0 Å². The topological polar surface area (TPSA) is 13.1 Å². The molecule has 1 aliphatic carbocycles. The van der Waals surface area contributed by atoms with Gasteiger partial charge in [0.15, 0.2) is 0 Å². The first-order valence-electron chi connectivity index (χ1n) is 4.88. The molecule has 1 aliphatic rings. The van der Waals surface area contributed by atoms with Gasteiger partial charge in [-0.3, -0.25) is 0 Å². The molecule has 0 atom stereocenters. The van der Waals surface area contributed by atoms with E-state index in [0.29, 0.717) is 0 Å². The highest BCUT2D eigenvalue weighted by Gasteiger charge is 1.96. The Morgan fingerprint density at radius 2 is 0.933 bits per heavy atom. The molecule has 15 heavy (non-hydrogen) atoms. The Morgan fingerprint density at radius 3 is 1.40 bits per heavy atom. The fraction of sp³-hybridized carbons (Fsp3) is 0. The summed E-state index contributed by atoms with van der Waals surface area (Å²) in [5, 5.41) is 0. The van der Waals surface area contributed by atoms with Gasteiger partial charge in [-0.15, -0.1) is 0 Å². The predicted octanol–water partition coefficient (Wildman–Crippen LogP) is 3.99. The maximum absolute atomic E-state index is 5.16. The smallest absolute Gasteiger partial charge is 0.0981 e. The van der Waals surface area contributed by atoms with Crippen LogP contribution < -0.4 is 0 Å². The van der Waals surface area contributed by atoms with Crippen molar-refractivity contribution in [2.45, 2.75) is 0 Å². The van der Waals surface area contributed by atoms with E-state index in [4.69, 9.17) is 4.42 Å². The standard InChI is InChI=1S/C14H12O/c1-2-4-6-8-10-14-12-15-11-13(14)9-7-5-3-1/h1-12H. The second kappa shape index (κ2) is 5.01. The van der Waals surface area contributed by atoms with Crippen molar-refractivity contribution in [2.75, 3.05) is 0 Å². The minimum absolute atomic E-state index is 1.09. The lowest BCUT2D eigenvalue weighted by Crippen LogP contribution is -1.70. The lowest BCUT2D eigenvalue weighted by Gasteiger charge is -1.88. The van der Waals surface area contributed by atoms with Crippen LogP contribution in [0.5, 0.6) is 0 Å². The molecule has 2 rings (SSSR count). The zero-order valence-electron chi connectivity index (χ0n) is 8.34. The molecular formula is C14H12O. The summed E-state index contributed by atoms with van der Waals surface area (Å²) in [5.41, 5.74) is 2.18. The van der Waals surface area contributed by atoms with E-state index in [1.54, 1.807) is 12.5 Å². The van der Waals surface area contributed by atoms with Crippen molar-refractivity contribution >= 4 is 12.2 Å². The van der Waals surface area contributed by atoms with Crippen LogP contribution in [0.1, 0.15) is 11.1 Å². The van der Waals surface area contributed by atoms with Gasteiger partial charge in [-0.25, -0.2) is 0 Å². The first-order chi connectivity index (χ1) is 7.47. The second-order valence-electron chi connectivity index (χ2n) is 3.16. The summed E-state index contributed by atoms with van der Waals surface area (Å²) < 4.78 is 5.16. The number of hydrogen-bond acceptors (Lipinski definition) is 1. The molecule has 0 saturated heterocycles. The molecule has 1 aromatic rings. The molecule has 0 fully saturated rings. The molecule has 0 aromatic carbocycles. The molecule has 0 N–H and O–H groups in total. The van der Waals surface area contributed by atoms with E-state index < -0.39 is 0 Å². The summed E-state index contributed by atoms with van der Waals surface area (Å²) in [6.07, 6.45) is 23.5. The third-order valence-electron chi connectivity index (χ3n) is 2.05. The molecule has 0 aliphatic heterocycles. The van der Waals surface area contributed by atoms with Crippen LogP contribution in [0.15, 0.2) is 65.6 Å². The molecule has 1 heterocycles. The van der Waals surface area contributed by atoms with E-state index >= 15 is 0 Å². The van der Waals surface area contributed by atoms with E-state index in [9.17, 15) is 0 Å². The monoisotopic (exact) mass is 196 g/mol. The van der Waals surface area contributed by atoms with E-state index in [0.717, 1.165) is 11.1 Å². The van der Waals surface area contributed by atoms with Gasteiger partial charge >= 0.3 is 0 Å². The molecular weight excluding hydrogens is 184 g/mol. The van der Waals surface area contributed by atoms with Crippen LogP contribution in [0, 0.1) is 0 Å². The average molecular weight is 196 g/mol. The highest BCUT2D eigenvalue weighted by atomic mass is 16.3.